The standard InChI is InChI=1S/C27H27N5O2/c1-32-11-9-20-6-7-21(12-24(20)27(32)33)22-13-25-26(31-15-22)34-23(17-30-25)16-29-10-8-18-2-4-19(14-28)5-3-18/h2-7,12-13,15,23,29-30H,8-11,16-17H2,1H3. The van der Waals surface area contributed by atoms with Gasteiger partial charge in [0, 0.05) is 37.5 Å². The summed E-state index contributed by atoms with van der Waals surface area (Å²) in [5.74, 6) is 0.674. The summed E-state index contributed by atoms with van der Waals surface area (Å²) < 4.78 is 6.09. The molecule has 34 heavy (non-hydrogen) atoms. The van der Waals surface area contributed by atoms with Gasteiger partial charge in [0.2, 0.25) is 5.88 Å². The predicted molar refractivity (Wildman–Crippen MR) is 131 cm³/mol. The minimum absolute atomic E-state index is 0.0104. The Morgan fingerprint density at radius 3 is 2.88 bits per heavy atom. The molecule has 5 rings (SSSR count). The monoisotopic (exact) mass is 453 g/mol. The summed E-state index contributed by atoms with van der Waals surface area (Å²) in [4.78, 5) is 18.9. The SMILES string of the molecule is CN1CCc2ccc(-c3cnc4c(c3)NCC(CNCCc3ccc(C#N)cc3)O4)cc2C1=O. The maximum atomic E-state index is 12.5. The lowest BCUT2D eigenvalue weighted by Gasteiger charge is -2.27. The molecule has 3 heterocycles. The number of ether oxygens (including phenoxy) is 1. The molecule has 0 saturated heterocycles. The van der Waals surface area contributed by atoms with Crippen LogP contribution in [-0.2, 0) is 12.8 Å². The van der Waals surface area contributed by atoms with Crippen LogP contribution in [0.5, 0.6) is 5.88 Å². The number of nitriles is 1. The Kier molecular flexibility index (Phi) is 6.15. The number of rotatable bonds is 6. The Morgan fingerprint density at radius 2 is 2.06 bits per heavy atom. The highest BCUT2D eigenvalue weighted by atomic mass is 16.5. The number of hydrogen-bond donors (Lipinski definition) is 2. The van der Waals surface area contributed by atoms with Crippen molar-refractivity contribution < 1.29 is 9.53 Å². The first-order valence-electron chi connectivity index (χ1n) is 11.6. The fraction of sp³-hybridized carbons (Fsp3) is 0.296. The second-order valence-corrected chi connectivity index (χ2v) is 8.81. The molecule has 7 heteroatoms. The number of fused-ring (bicyclic) bond motifs is 2. The Hall–Kier alpha value is -3.89. The number of hydrogen-bond acceptors (Lipinski definition) is 6. The molecule has 0 bridgehead atoms. The molecule has 0 aliphatic carbocycles. The smallest absolute Gasteiger partial charge is 0.253 e. The molecule has 1 unspecified atom stereocenters. The number of benzene rings is 2. The molecule has 0 radical (unpaired) electrons. The number of likely N-dealkylation sites (N-methyl/N-ethyl adjacent to an activating group) is 1. The van der Waals surface area contributed by atoms with Crippen LogP contribution in [0.15, 0.2) is 54.7 Å². The second kappa shape index (κ2) is 9.54. The van der Waals surface area contributed by atoms with Crippen molar-refractivity contribution in [3.8, 4) is 23.1 Å². The van der Waals surface area contributed by atoms with E-state index < -0.39 is 0 Å². The Balaban J connectivity index is 1.18. The number of anilines is 1. The molecular weight excluding hydrogens is 426 g/mol. The lowest BCUT2D eigenvalue weighted by atomic mass is 9.95. The molecule has 3 aromatic rings. The van der Waals surface area contributed by atoms with Gasteiger partial charge in [0.25, 0.3) is 5.91 Å². The van der Waals surface area contributed by atoms with Crippen LogP contribution in [0.2, 0.25) is 0 Å². The topological polar surface area (TPSA) is 90.3 Å². The summed E-state index contributed by atoms with van der Waals surface area (Å²) in [6.45, 7) is 3.00. The van der Waals surface area contributed by atoms with Gasteiger partial charge in [-0.1, -0.05) is 24.3 Å². The van der Waals surface area contributed by atoms with Crippen molar-refractivity contribution in [2.75, 3.05) is 38.5 Å². The third-order valence-electron chi connectivity index (χ3n) is 6.43. The largest absolute Gasteiger partial charge is 0.470 e. The first-order chi connectivity index (χ1) is 16.6. The summed E-state index contributed by atoms with van der Waals surface area (Å²) in [7, 11) is 1.85. The van der Waals surface area contributed by atoms with Crippen LogP contribution in [-0.4, -0.2) is 55.1 Å². The van der Waals surface area contributed by atoms with E-state index in [0.29, 0.717) is 24.5 Å². The number of amides is 1. The van der Waals surface area contributed by atoms with E-state index in [1.807, 2.05) is 43.4 Å². The van der Waals surface area contributed by atoms with Gasteiger partial charge in [0.15, 0.2) is 0 Å². The number of carbonyl (C=O) groups is 1. The third kappa shape index (κ3) is 4.59. The third-order valence-corrected chi connectivity index (χ3v) is 6.43. The maximum Gasteiger partial charge on any atom is 0.253 e. The first kappa shape index (κ1) is 21.9. The lowest BCUT2D eigenvalue weighted by Crippen LogP contribution is -2.40. The van der Waals surface area contributed by atoms with Crippen LogP contribution in [0.3, 0.4) is 0 Å². The van der Waals surface area contributed by atoms with Gasteiger partial charge < -0.3 is 20.3 Å². The summed E-state index contributed by atoms with van der Waals surface area (Å²) in [6.07, 6.45) is 3.57. The molecular formula is C27H27N5O2. The van der Waals surface area contributed by atoms with Crippen molar-refractivity contribution in [1.29, 1.82) is 5.26 Å². The molecule has 2 aliphatic rings. The Labute approximate surface area is 199 Å². The zero-order valence-corrected chi connectivity index (χ0v) is 19.2. The number of aromatic nitrogens is 1. The maximum absolute atomic E-state index is 12.5. The normalized spacial score (nSPS) is 16.6. The van der Waals surface area contributed by atoms with Gasteiger partial charge in [-0.2, -0.15) is 5.26 Å². The van der Waals surface area contributed by atoms with Crippen LogP contribution in [0.25, 0.3) is 11.1 Å². The average molecular weight is 454 g/mol. The lowest BCUT2D eigenvalue weighted by molar-refractivity contribution is 0.0781. The van der Waals surface area contributed by atoms with Crippen LogP contribution >= 0.6 is 0 Å². The van der Waals surface area contributed by atoms with Crippen molar-refractivity contribution in [3.05, 3.63) is 77.0 Å². The number of nitrogens with zero attached hydrogens (tertiary/aromatic N) is 3. The van der Waals surface area contributed by atoms with Crippen LogP contribution < -0.4 is 15.4 Å². The van der Waals surface area contributed by atoms with E-state index in [0.717, 1.165) is 53.9 Å². The fourth-order valence-corrected chi connectivity index (χ4v) is 4.38. The summed E-state index contributed by atoms with van der Waals surface area (Å²) in [5, 5.41) is 15.8. The van der Waals surface area contributed by atoms with E-state index in [2.05, 4.69) is 33.8 Å². The van der Waals surface area contributed by atoms with E-state index in [-0.39, 0.29) is 12.0 Å². The van der Waals surface area contributed by atoms with Crippen molar-refractivity contribution in [2.24, 2.45) is 0 Å². The van der Waals surface area contributed by atoms with Crippen LogP contribution in [0, 0.1) is 11.3 Å². The molecule has 0 saturated carbocycles. The first-order valence-corrected chi connectivity index (χ1v) is 11.6. The molecule has 1 atom stereocenters. The molecule has 172 valence electrons. The van der Waals surface area contributed by atoms with Gasteiger partial charge in [-0.15, -0.1) is 0 Å². The molecule has 0 spiro atoms. The Morgan fingerprint density at radius 1 is 1.21 bits per heavy atom. The highest BCUT2D eigenvalue weighted by Gasteiger charge is 2.23. The number of pyridine rings is 1. The van der Waals surface area contributed by atoms with E-state index in [1.165, 1.54) is 5.56 Å². The number of carbonyl (C=O) groups excluding carboxylic acids is 1. The van der Waals surface area contributed by atoms with Crippen molar-refractivity contribution >= 4 is 11.6 Å². The minimum Gasteiger partial charge on any atom is -0.470 e. The quantitative estimate of drug-likeness (QED) is 0.557. The summed E-state index contributed by atoms with van der Waals surface area (Å²) in [5.41, 5.74) is 6.56. The molecule has 2 aliphatic heterocycles. The van der Waals surface area contributed by atoms with Gasteiger partial charge in [-0.3, -0.25) is 4.79 Å². The van der Waals surface area contributed by atoms with E-state index in [9.17, 15) is 4.79 Å². The van der Waals surface area contributed by atoms with Gasteiger partial charge in [0.05, 0.1) is 23.9 Å². The zero-order valence-electron chi connectivity index (χ0n) is 19.2. The van der Waals surface area contributed by atoms with Gasteiger partial charge in [0.1, 0.15) is 6.10 Å². The van der Waals surface area contributed by atoms with Crippen molar-refractivity contribution in [2.45, 2.75) is 18.9 Å². The average Bonchev–Trinajstić information content (AvgIpc) is 2.88. The number of nitrogens with one attached hydrogen (secondary N) is 2. The highest BCUT2D eigenvalue weighted by Crippen LogP contribution is 2.32. The highest BCUT2D eigenvalue weighted by molar-refractivity contribution is 5.98. The molecule has 2 aromatic carbocycles. The van der Waals surface area contributed by atoms with E-state index in [1.54, 1.807) is 11.1 Å². The second-order valence-electron chi connectivity index (χ2n) is 8.81. The minimum atomic E-state index is -0.0104. The van der Waals surface area contributed by atoms with Crippen LogP contribution in [0.1, 0.15) is 27.0 Å². The van der Waals surface area contributed by atoms with Gasteiger partial charge in [-0.05, 0) is 60.3 Å². The summed E-state index contributed by atoms with van der Waals surface area (Å²) in [6, 6.07) is 17.9. The molecule has 2 N–H and O–H groups in total. The van der Waals surface area contributed by atoms with E-state index in [4.69, 9.17) is 10.00 Å². The zero-order chi connectivity index (χ0) is 23.5. The predicted octanol–water partition coefficient (Wildman–Crippen LogP) is 3.25. The van der Waals surface area contributed by atoms with Crippen LogP contribution in [0.4, 0.5) is 5.69 Å². The van der Waals surface area contributed by atoms with Crippen molar-refractivity contribution in [1.82, 2.24) is 15.2 Å². The van der Waals surface area contributed by atoms with Gasteiger partial charge >= 0.3 is 0 Å². The molecule has 7 nitrogen and oxygen atoms in total. The summed E-state index contributed by atoms with van der Waals surface area (Å²) >= 11 is 0. The molecule has 1 aromatic heterocycles. The molecule has 1 amide bonds. The molecule has 0 fully saturated rings. The Bertz CT molecular complexity index is 1250. The van der Waals surface area contributed by atoms with Gasteiger partial charge in [-0.25, -0.2) is 4.98 Å². The van der Waals surface area contributed by atoms with Crippen molar-refractivity contribution in [3.63, 3.8) is 0 Å². The van der Waals surface area contributed by atoms with E-state index >= 15 is 0 Å². The fourth-order valence-electron chi connectivity index (χ4n) is 4.38.